The average molecular weight is 475 g/mol. The first-order valence-electron chi connectivity index (χ1n) is 10.8. The van der Waals surface area contributed by atoms with Crippen molar-refractivity contribution in [2.75, 3.05) is 18.6 Å². The lowest BCUT2D eigenvalue weighted by molar-refractivity contribution is -0.142. The third-order valence-electron chi connectivity index (χ3n) is 5.55. The maximum Gasteiger partial charge on any atom is 0.408 e. The number of carbonyl (C=O) groups is 1. The summed E-state index contributed by atoms with van der Waals surface area (Å²) >= 11 is 0. The first kappa shape index (κ1) is 23.5. The molecule has 11 heteroatoms. The lowest BCUT2D eigenvalue weighted by Gasteiger charge is -2.22. The van der Waals surface area contributed by atoms with Crippen molar-refractivity contribution in [1.29, 1.82) is 0 Å². The van der Waals surface area contributed by atoms with E-state index in [4.69, 9.17) is 14.5 Å². The van der Waals surface area contributed by atoms with Crippen LogP contribution in [0.25, 0.3) is 11.3 Å². The highest BCUT2D eigenvalue weighted by Crippen LogP contribution is 2.41. The zero-order valence-electron chi connectivity index (χ0n) is 19.2. The number of rotatable bonds is 7. The fraction of sp³-hybridized carbons (Fsp3) is 0.391. The molecule has 8 nitrogen and oxygen atoms in total. The summed E-state index contributed by atoms with van der Waals surface area (Å²) in [5.74, 6) is 0.517. The molecule has 3 aromatic heterocycles. The van der Waals surface area contributed by atoms with Gasteiger partial charge in [-0.3, -0.25) is 14.4 Å². The minimum atomic E-state index is -4.41. The number of ether oxygens (including phenoxy) is 2. The van der Waals surface area contributed by atoms with E-state index in [-0.39, 0.29) is 5.91 Å². The number of aromatic nitrogens is 4. The Kier molecular flexibility index (Phi) is 6.20. The third-order valence-corrected chi connectivity index (χ3v) is 5.55. The van der Waals surface area contributed by atoms with Crippen molar-refractivity contribution < 1.29 is 27.4 Å². The van der Waals surface area contributed by atoms with Crippen LogP contribution in [-0.2, 0) is 6.54 Å². The summed E-state index contributed by atoms with van der Waals surface area (Å²) in [6.07, 6.45) is 0.237. The van der Waals surface area contributed by atoms with Crippen LogP contribution in [0.15, 0.2) is 30.7 Å². The van der Waals surface area contributed by atoms with Gasteiger partial charge in [0.05, 0.1) is 48.6 Å². The molecule has 4 heterocycles. The Labute approximate surface area is 194 Å². The molecule has 0 N–H and O–H groups in total. The van der Waals surface area contributed by atoms with Gasteiger partial charge in [-0.25, -0.2) is 9.97 Å². The third kappa shape index (κ3) is 4.29. The minimum absolute atomic E-state index is 0.296. The lowest BCUT2D eigenvalue weighted by Crippen LogP contribution is -2.27. The van der Waals surface area contributed by atoms with Crippen LogP contribution in [0.1, 0.15) is 47.9 Å². The second kappa shape index (κ2) is 8.96. The largest absolute Gasteiger partial charge is 0.491 e. The number of aryl methyl sites for hydroxylation is 1. The molecule has 4 rings (SSSR count). The predicted molar refractivity (Wildman–Crippen MR) is 118 cm³/mol. The molecule has 3 aromatic rings. The van der Waals surface area contributed by atoms with Crippen molar-refractivity contribution in [2.45, 2.75) is 46.0 Å². The summed E-state index contributed by atoms with van der Waals surface area (Å²) in [7, 11) is 1.52. The number of fused-ring (bicyclic) bond motifs is 1. The van der Waals surface area contributed by atoms with Crippen molar-refractivity contribution in [3.63, 3.8) is 0 Å². The van der Waals surface area contributed by atoms with E-state index in [1.807, 2.05) is 20.8 Å². The van der Waals surface area contributed by atoms with Gasteiger partial charge in [0, 0.05) is 18.0 Å². The molecule has 1 unspecified atom stereocenters. The van der Waals surface area contributed by atoms with Crippen LogP contribution >= 0.6 is 0 Å². The van der Waals surface area contributed by atoms with Gasteiger partial charge in [0.1, 0.15) is 6.54 Å². The van der Waals surface area contributed by atoms with Crippen molar-refractivity contribution in [1.82, 2.24) is 19.7 Å². The van der Waals surface area contributed by atoms with Crippen LogP contribution in [-0.4, -0.2) is 45.5 Å². The summed E-state index contributed by atoms with van der Waals surface area (Å²) in [5.41, 5.74) is 3.31. The molecule has 0 spiro atoms. The van der Waals surface area contributed by atoms with E-state index in [1.54, 1.807) is 18.3 Å². The Balaban J connectivity index is 1.73. The van der Waals surface area contributed by atoms with Gasteiger partial charge in [0.15, 0.2) is 5.75 Å². The fourth-order valence-corrected chi connectivity index (χ4v) is 4.13. The average Bonchev–Trinajstić information content (AvgIpc) is 3.34. The Morgan fingerprint density at radius 1 is 1.18 bits per heavy atom. The van der Waals surface area contributed by atoms with Gasteiger partial charge in [-0.15, -0.1) is 0 Å². The van der Waals surface area contributed by atoms with Gasteiger partial charge in [0.25, 0.3) is 11.8 Å². The Morgan fingerprint density at radius 2 is 1.94 bits per heavy atom. The lowest BCUT2D eigenvalue weighted by atomic mass is 10.0. The van der Waals surface area contributed by atoms with Gasteiger partial charge in [-0.05, 0) is 38.0 Å². The normalized spacial score (nSPS) is 15.6. The minimum Gasteiger partial charge on any atom is -0.491 e. The molecule has 0 fully saturated rings. The van der Waals surface area contributed by atoms with Gasteiger partial charge >= 0.3 is 6.18 Å². The summed E-state index contributed by atoms with van der Waals surface area (Å²) < 4.78 is 49.9. The number of methoxy groups -OCH3 is 1. The Morgan fingerprint density at radius 3 is 2.59 bits per heavy atom. The van der Waals surface area contributed by atoms with Crippen LogP contribution in [0.3, 0.4) is 0 Å². The second-order valence-electron chi connectivity index (χ2n) is 7.86. The maximum absolute atomic E-state index is 13.3. The zero-order valence-corrected chi connectivity index (χ0v) is 19.2. The van der Waals surface area contributed by atoms with Crippen LogP contribution in [0.2, 0.25) is 0 Å². The number of carbonyl (C=O) groups excluding carboxylic acids is 1. The molecular weight excluding hydrogens is 451 g/mol. The van der Waals surface area contributed by atoms with E-state index in [2.05, 4.69) is 10.1 Å². The highest BCUT2D eigenvalue weighted by Gasteiger charge is 2.40. The van der Waals surface area contributed by atoms with E-state index in [0.29, 0.717) is 58.4 Å². The summed E-state index contributed by atoms with van der Waals surface area (Å²) in [6.45, 7) is 4.76. The number of nitrogens with zero attached hydrogens (tertiary/aromatic N) is 5. The van der Waals surface area contributed by atoms with E-state index in [9.17, 15) is 18.0 Å². The van der Waals surface area contributed by atoms with Crippen LogP contribution in [0.5, 0.6) is 11.6 Å². The molecule has 1 aliphatic rings. The van der Waals surface area contributed by atoms with Crippen LogP contribution < -0.4 is 14.4 Å². The highest BCUT2D eigenvalue weighted by molar-refractivity contribution is 6.11. The Bertz CT molecular complexity index is 1230. The van der Waals surface area contributed by atoms with Crippen molar-refractivity contribution in [3.05, 3.63) is 47.5 Å². The molecular formula is C23H24F3N5O3. The molecule has 1 amide bonds. The first-order valence-corrected chi connectivity index (χ1v) is 10.8. The maximum atomic E-state index is 13.3. The van der Waals surface area contributed by atoms with E-state index in [1.165, 1.54) is 24.4 Å². The monoisotopic (exact) mass is 475 g/mol. The number of anilines is 1. The number of halogens is 3. The molecule has 180 valence electrons. The molecule has 0 saturated heterocycles. The summed E-state index contributed by atoms with van der Waals surface area (Å²) in [4.78, 5) is 23.9. The van der Waals surface area contributed by atoms with Crippen molar-refractivity contribution >= 4 is 11.6 Å². The van der Waals surface area contributed by atoms with Gasteiger partial charge in [-0.2, -0.15) is 18.3 Å². The zero-order chi connectivity index (χ0) is 24.6. The van der Waals surface area contributed by atoms with Gasteiger partial charge in [-0.1, -0.05) is 6.92 Å². The topological polar surface area (TPSA) is 82.4 Å². The van der Waals surface area contributed by atoms with Gasteiger partial charge < -0.3 is 9.47 Å². The highest BCUT2D eigenvalue weighted by atomic mass is 19.4. The first-order chi connectivity index (χ1) is 16.2. The molecule has 34 heavy (non-hydrogen) atoms. The molecule has 0 bridgehead atoms. The van der Waals surface area contributed by atoms with E-state index in [0.717, 1.165) is 4.68 Å². The van der Waals surface area contributed by atoms with Crippen LogP contribution in [0.4, 0.5) is 18.9 Å². The SMILES string of the molecule is CCOc1ncc(-c2cc(C)c3c(n2)C(CC)N(c2cnn(CC(F)(F)F)c2)C3=O)cc1OC. The summed E-state index contributed by atoms with van der Waals surface area (Å²) in [5, 5.41) is 3.79. The molecule has 1 atom stereocenters. The number of pyridine rings is 2. The number of hydrogen-bond acceptors (Lipinski definition) is 6. The number of hydrogen-bond donors (Lipinski definition) is 0. The fourth-order valence-electron chi connectivity index (χ4n) is 4.13. The van der Waals surface area contributed by atoms with Crippen molar-refractivity contribution in [2.24, 2.45) is 0 Å². The second-order valence-corrected chi connectivity index (χ2v) is 7.86. The van der Waals surface area contributed by atoms with E-state index < -0.39 is 18.8 Å². The van der Waals surface area contributed by atoms with E-state index >= 15 is 0 Å². The molecule has 0 radical (unpaired) electrons. The Hall–Kier alpha value is -3.63. The van der Waals surface area contributed by atoms with Crippen molar-refractivity contribution in [3.8, 4) is 22.9 Å². The summed E-state index contributed by atoms with van der Waals surface area (Å²) in [6, 6.07) is 3.11. The molecule has 0 aromatic carbocycles. The number of alkyl halides is 3. The molecule has 0 saturated carbocycles. The predicted octanol–water partition coefficient (Wildman–Crippen LogP) is 4.73. The quantitative estimate of drug-likeness (QED) is 0.491. The standard InChI is InChI=1S/C23H24F3N5O3/c1-5-17-20-19(22(32)31(17)15-10-28-30(11-15)12-23(24,25)26)13(3)7-16(29-20)14-8-18(33-4)21(27-9-14)34-6-2/h7-11,17H,5-6,12H2,1-4H3. The molecule has 1 aliphatic heterocycles. The van der Waals surface area contributed by atoms with Crippen LogP contribution in [0, 0.1) is 6.92 Å². The van der Waals surface area contributed by atoms with Gasteiger partial charge in [0.2, 0.25) is 0 Å². The molecule has 0 aliphatic carbocycles. The smallest absolute Gasteiger partial charge is 0.408 e. The number of amides is 1.